The SMILES string of the molecule is Cc1nc(N)c2c(n1)N(CCCNCCCN1CCCCC1)C(=O)C2. The minimum atomic E-state index is 0.0756. The first-order valence-corrected chi connectivity index (χ1v) is 9.51. The summed E-state index contributed by atoms with van der Waals surface area (Å²) in [4.78, 5) is 25.1. The number of amides is 1. The van der Waals surface area contributed by atoms with Gasteiger partial charge in [-0.15, -0.1) is 0 Å². The summed E-state index contributed by atoms with van der Waals surface area (Å²) < 4.78 is 0. The van der Waals surface area contributed by atoms with Gasteiger partial charge < -0.3 is 16.0 Å². The van der Waals surface area contributed by atoms with Crippen LogP contribution in [0.15, 0.2) is 0 Å². The number of likely N-dealkylation sites (tertiary alicyclic amines) is 1. The molecule has 2 aliphatic rings. The van der Waals surface area contributed by atoms with Crippen molar-refractivity contribution < 1.29 is 4.79 Å². The standard InChI is InChI=1S/C18H30N6O/c1-14-21-17(19)15-13-16(25)24(18(15)22-14)12-6-8-20-7-5-11-23-9-3-2-4-10-23/h20H,2-13H2,1H3,(H2,19,21,22). The lowest BCUT2D eigenvalue weighted by Crippen LogP contribution is -2.33. The molecule has 0 unspecified atom stereocenters. The lowest BCUT2D eigenvalue weighted by atomic mass is 10.1. The number of nitrogen functional groups attached to an aromatic ring is 1. The summed E-state index contributed by atoms with van der Waals surface area (Å²) in [5.74, 6) is 1.84. The van der Waals surface area contributed by atoms with Gasteiger partial charge in [-0.3, -0.25) is 9.69 Å². The number of hydrogen-bond acceptors (Lipinski definition) is 6. The first-order chi connectivity index (χ1) is 12.1. The van der Waals surface area contributed by atoms with Crippen LogP contribution >= 0.6 is 0 Å². The van der Waals surface area contributed by atoms with Gasteiger partial charge in [0.05, 0.1) is 6.42 Å². The molecule has 25 heavy (non-hydrogen) atoms. The van der Waals surface area contributed by atoms with Crippen LogP contribution in [0.2, 0.25) is 0 Å². The molecular formula is C18H30N6O. The van der Waals surface area contributed by atoms with Crippen LogP contribution in [-0.4, -0.2) is 60.0 Å². The van der Waals surface area contributed by atoms with E-state index in [2.05, 4.69) is 20.2 Å². The third kappa shape index (κ3) is 4.67. The maximum absolute atomic E-state index is 12.2. The molecule has 1 fully saturated rings. The Kier molecular flexibility index (Phi) is 6.20. The van der Waals surface area contributed by atoms with E-state index in [-0.39, 0.29) is 5.91 Å². The number of aromatic nitrogens is 2. The second-order valence-corrected chi connectivity index (χ2v) is 7.04. The van der Waals surface area contributed by atoms with Gasteiger partial charge in [0, 0.05) is 12.1 Å². The molecule has 0 atom stereocenters. The number of rotatable bonds is 8. The summed E-state index contributed by atoms with van der Waals surface area (Å²) >= 11 is 0. The number of carbonyl (C=O) groups is 1. The maximum Gasteiger partial charge on any atom is 0.232 e. The Labute approximate surface area is 150 Å². The van der Waals surface area contributed by atoms with Crippen LogP contribution in [0, 0.1) is 6.92 Å². The van der Waals surface area contributed by atoms with E-state index >= 15 is 0 Å². The molecule has 0 spiro atoms. The highest BCUT2D eigenvalue weighted by molar-refractivity contribution is 6.01. The summed E-state index contributed by atoms with van der Waals surface area (Å²) in [5.41, 5.74) is 6.70. The van der Waals surface area contributed by atoms with Crippen molar-refractivity contribution in [1.82, 2.24) is 20.2 Å². The number of nitrogens with one attached hydrogen (secondary N) is 1. The molecule has 0 aliphatic carbocycles. The van der Waals surface area contributed by atoms with E-state index in [1.54, 1.807) is 4.90 Å². The molecule has 0 bridgehead atoms. The van der Waals surface area contributed by atoms with Gasteiger partial charge in [-0.2, -0.15) is 0 Å². The summed E-state index contributed by atoms with van der Waals surface area (Å²) in [7, 11) is 0. The number of piperidine rings is 1. The molecule has 7 heteroatoms. The summed E-state index contributed by atoms with van der Waals surface area (Å²) in [6.45, 7) is 8.17. The van der Waals surface area contributed by atoms with E-state index in [1.807, 2.05) is 6.92 Å². The molecule has 1 aromatic rings. The lowest BCUT2D eigenvalue weighted by molar-refractivity contribution is -0.117. The van der Waals surface area contributed by atoms with Crippen LogP contribution in [0.1, 0.15) is 43.5 Å². The normalized spacial score (nSPS) is 18.0. The van der Waals surface area contributed by atoms with Crippen molar-refractivity contribution in [2.45, 2.75) is 45.4 Å². The zero-order valence-corrected chi connectivity index (χ0v) is 15.3. The fourth-order valence-electron chi connectivity index (χ4n) is 3.69. The Balaban J connectivity index is 1.35. The second-order valence-electron chi connectivity index (χ2n) is 7.04. The van der Waals surface area contributed by atoms with Crippen molar-refractivity contribution in [3.8, 4) is 0 Å². The molecule has 138 valence electrons. The summed E-state index contributed by atoms with van der Waals surface area (Å²) in [6.07, 6.45) is 6.53. The highest BCUT2D eigenvalue weighted by atomic mass is 16.2. The molecule has 1 saturated heterocycles. The van der Waals surface area contributed by atoms with Crippen molar-refractivity contribution in [3.63, 3.8) is 0 Å². The van der Waals surface area contributed by atoms with Crippen LogP contribution in [0.25, 0.3) is 0 Å². The van der Waals surface area contributed by atoms with Crippen molar-refractivity contribution >= 4 is 17.5 Å². The highest BCUT2D eigenvalue weighted by Crippen LogP contribution is 2.30. The second kappa shape index (κ2) is 8.58. The first-order valence-electron chi connectivity index (χ1n) is 9.51. The van der Waals surface area contributed by atoms with E-state index in [9.17, 15) is 4.79 Å². The maximum atomic E-state index is 12.2. The van der Waals surface area contributed by atoms with Crippen molar-refractivity contribution in [2.75, 3.05) is 49.9 Å². The number of anilines is 2. The smallest absolute Gasteiger partial charge is 0.232 e. The van der Waals surface area contributed by atoms with Crippen LogP contribution in [-0.2, 0) is 11.2 Å². The third-order valence-corrected chi connectivity index (χ3v) is 5.03. The number of aryl methyl sites for hydroxylation is 1. The van der Waals surface area contributed by atoms with Gasteiger partial charge in [0.1, 0.15) is 17.5 Å². The molecule has 3 rings (SSSR count). The van der Waals surface area contributed by atoms with Gasteiger partial charge in [-0.05, 0) is 65.3 Å². The van der Waals surface area contributed by atoms with E-state index in [0.717, 1.165) is 25.1 Å². The van der Waals surface area contributed by atoms with Gasteiger partial charge >= 0.3 is 0 Å². The van der Waals surface area contributed by atoms with E-state index in [4.69, 9.17) is 5.73 Å². The van der Waals surface area contributed by atoms with Gasteiger partial charge in [-0.25, -0.2) is 9.97 Å². The third-order valence-electron chi connectivity index (χ3n) is 5.03. The average Bonchev–Trinajstić information content (AvgIpc) is 2.91. The fraction of sp³-hybridized carbons (Fsp3) is 0.722. The Bertz CT molecular complexity index is 599. The van der Waals surface area contributed by atoms with Crippen molar-refractivity contribution in [3.05, 3.63) is 11.4 Å². The Morgan fingerprint density at radius 1 is 1.08 bits per heavy atom. The van der Waals surface area contributed by atoms with Gasteiger partial charge in [0.25, 0.3) is 0 Å². The molecule has 3 N–H and O–H groups in total. The number of nitrogens with two attached hydrogens (primary N) is 1. The number of carbonyl (C=O) groups excluding carboxylic acids is 1. The lowest BCUT2D eigenvalue weighted by Gasteiger charge is -2.26. The predicted molar refractivity (Wildman–Crippen MR) is 99.6 cm³/mol. The number of nitrogens with zero attached hydrogens (tertiary/aromatic N) is 4. The van der Waals surface area contributed by atoms with Crippen LogP contribution in [0.5, 0.6) is 0 Å². The predicted octanol–water partition coefficient (Wildman–Crippen LogP) is 1.11. The molecule has 7 nitrogen and oxygen atoms in total. The number of fused-ring (bicyclic) bond motifs is 1. The van der Waals surface area contributed by atoms with Crippen molar-refractivity contribution in [2.24, 2.45) is 0 Å². The molecular weight excluding hydrogens is 316 g/mol. The summed E-state index contributed by atoms with van der Waals surface area (Å²) in [6, 6.07) is 0. The first kappa shape index (κ1) is 18.1. The van der Waals surface area contributed by atoms with Crippen LogP contribution in [0.4, 0.5) is 11.6 Å². The van der Waals surface area contributed by atoms with Crippen molar-refractivity contribution in [1.29, 1.82) is 0 Å². The largest absolute Gasteiger partial charge is 0.383 e. The van der Waals surface area contributed by atoms with E-state index in [0.29, 0.717) is 30.4 Å². The van der Waals surface area contributed by atoms with Gasteiger partial charge in [0.2, 0.25) is 5.91 Å². The van der Waals surface area contributed by atoms with E-state index < -0.39 is 0 Å². The topological polar surface area (TPSA) is 87.4 Å². The average molecular weight is 346 g/mol. The number of hydrogen-bond donors (Lipinski definition) is 2. The Morgan fingerprint density at radius 2 is 1.80 bits per heavy atom. The van der Waals surface area contributed by atoms with E-state index in [1.165, 1.54) is 45.3 Å². The quantitative estimate of drug-likeness (QED) is 0.686. The minimum absolute atomic E-state index is 0.0756. The van der Waals surface area contributed by atoms with Crippen LogP contribution < -0.4 is 16.0 Å². The molecule has 1 amide bonds. The molecule has 3 heterocycles. The molecule has 0 radical (unpaired) electrons. The molecule has 0 saturated carbocycles. The fourth-order valence-corrected chi connectivity index (χ4v) is 3.69. The highest BCUT2D eigenvalue weighted by Gasteiger charge is 2.30. The molecule has 2 aliphatic heterocycles. The molecule has 1 aromatic heterocycles. The zero-order chi connectivity index (χ0) is 17.6. The van der Waals surface area contributed by atoms with Gasteiger partial charge in [-0.1, -0.05) is 6.42 Å². The monoisotopic (exact) mass is 346 g/mol. The van der Waals surface area contributed by atoms with Gasteiger partial charge in [0.15, 0.2) is 0 Å². The molecule has 0 aromatic carbocycles. The zero-order valence-electron chi connectivity index (χ0n) is 15.3. The summed E-state index contributed by atoms with van der Waals surface area (Å²) in [5, 5.41) is 3.49. The minimum Gasteiger partial charge on any atom is -0.383 e. The Hall–Kier alpha value is -1.73. The van der Waals surface area contributed by atoms with Crippen LogP contribution in [0.3, 0.4) is 0 Å². The Morgan fingerprint density at radius 3 is 2.56 bits per heavy atom.